The molecule has 7 heteroatoms. The van der Waals surface area contributed by atoms with Crippen LogP contribution in [0.2, 0.25) is 0 Å². The van der Waals surface area contributed by atoms with Crippen LogP contribution >= 0.6 is 0 Å². The van der Waals surface area contributed by atoms with Crippen molar-refractivity contribution in [2.24, 2.45) is 11.3 Å². The molecule has 4 atom stereocenters. The van der Waals surface area contributed by atoms with Crippen LogP contribution < -0.4 is 4.72 Å². The zero-order valence-electron chi connectivity index (χ0n) is 12.1. The number of esters is 1. The lowest BCUT2D eigenvalue weighted by molar-refractivity contribution is -0.145. The molecular weight excluding hydrogens is 282 g/mol. The highest BCUT2D eigenvalue weighted by Crippen LogP contribution is 2.42. The number of hydrogen-bond acceptors (Lipinski definition) is 5. The number of hydrogen-bond donors (Lipinski definition) is 2. The molecule has 4 unspecified atom stereocenters. The largest absolute Gasteiger partial charge is 0.469 e. The van der Waals surface area contributed by atoms with E-state index in [1.54, 1.807) is 0 Å². The van der Waals surface area contributed by atoms with Gasteiger partial charge in [-0.15, -0.1) is 0 Å². The lowest BCUT2D eigenvalue weighted by atomic mass is 9.65. The van der Waals surface area contributed by atoms with Crippen molar-refractivity contribution < 1.29 is 23.1 Å². The van der Waals surface area contributed by atoms with E-state index in [1.807, 2.05) is 13.8 Å². The van der Waals surface area contributed by atoms with Gasteiger partial charge in [0.15, 0.2) is 0 Å². The fourth-order valence-corrected chi connectivity index (χ4v) is 5.23. The Labute approximate surface area is 119 Å². The van der Waals surface area contributed by atoms with E-state index in [0.717, 1.165) is 0 Å². The molecule has 0 spiro atoms. The van der Waals surface area contributed by atoms with Gasteiger partial charge in [0.05, 0.1) is 24.4 Å². The number of sulfonamides is 1. The van der Waals surface area contributed by atoms with E-state index in [9.17, 15) is 18.3 Å². The van der Waals surface area contributed by atoms with Crippen LogP contribution in [0.25, 0.3) is 0 Å². The standard InChI is InChI=1S/C13H23NO5S/c1-13(2)10(7-11(13)15)14-20(17,18)9-6-4-5-8(9)12(16)19-3/h8-11,14-15H,4-7H2,1-3H3. The second-order valence-electron chi connectivity index (χ2n) is 6.39. The number of nitrogens with one attached hydrogen (secondary N) is 1. The van der Waals surface area contributed by atoms with E-state index >= 15 is 0 Å². The zero-order valence-corrected chi connectivity index (χ0v) is 12.9. The summed E-state index contributed by atoms with van der Waals surface area (Å²) in [5.41, 5.74) is -0.466. The van der Waals surface area contributed by atoms with Crippen LogP contribution in [-0.2, 0) is 19.6 Å². The maximum absolute atomic E-state index is 12.5. The van der Waals surface area contributed by atoms with Crippen molar-refractivity contribution >= 4 is 16.0 Å². The van der Waals surface area contributed by atoms with Gasteiger partial charge in [0.2, 0.25) is 10.0 Å². The number of carbonyl (C=O) groups is 1. The van der Waals surface area contributed by atoms with Gasteiger partial charge in [-0.1, -0.05) is 20.3 Å². The molecule has 2 rings (SSSR count). The summed E-state index contributed by atoms with van der Waals surface area (Å²) in [5.74, 6) is -1.03. The van der Waals surface area contributed by atoms with Crippen molar-refractivity contribution in [3.8, 4) is 0 Å². The fourth-order valence-electron chi connectivity index (χ4n) is 3.11. The van der Waals surface area contributed by atoms with Crippen molar-refractivity contribution in [2.75, 3.05) is 7.11 Å². The second-order valence-corrected chi connectivity index (χ2v) is 8.32. The van der Waals surface area contributed by atoms with Crippen LogP contribution in [-0.4, -0.2) is 44.0 Å². The molecule has 0 bridgehead atoms. The number of aliphatic hydroxyl groups is 1. The highest BCUT2D eigenvalue weighted by atomic mass is 32.2. The lowest BCUT2D eigenvalue weighted by Gasteiger charge is -2.49. The van der Waals surface area contributed by atoms with E-state index in [2.05, 4.69) is 4.72 Å². The Bertz CT molecular complexity index is 487. The molecule has 0 aromatic rings. The summed E-state index contributed by atoms with van der Waals surface area (Å²) < 4.78 is 32.3. The fraction of sp³-hybridized carbons (Fsp3) is 0.923. The Morgan fingerprint density at radius 1 is 1.35 bits per heavy atom. The van der Waals surface area contributed by atoms with Crippen molar-refractivity contribution in [1.29, 1.82) is 0 Å². The summed E-state index contributed by atoms with van der Waals surface area (Å²) in [6, 6.07) is -0.276. The highest BCUT2D eigenvalue weighted by molar-refractivity contribution is 7.90. The van der Waals surface area contributed by atoms with Gasteiger partial charge < -0.3 is 9.84 Å². The third-order valence-corrected chi connectivity index (χ3v) is 6.85. The summed E-state index contributed by atoms with van der Waals surface area (Å²) >= 11 is 0. The number of methoxy groups -OCH3 is 1. The average Bonchev–Trinajstić information content (AvgIpc) is 2.87. The first kappa shape index (κ1) is 15.7. The smallest absolute Gasteiger partial charge is 0.310 e. The topological polar surface area (TPSA) is 92.7 Å². The van der Waals surface area contributed by atoms with Crippen molar-refractivity contribution in [3.05, 3.63) is 0 Å². The molecule has 2 saturated carbocycles. The third kappa shape index (κ3) is 2.58. The predicted octanol–water partition coefficient (Wildman–Crippen LogP) is 0.407. The van der Waals surface area contributed by atoms with Gasteiger partial charge in [-0.2, -0.15) is 0 Å². The highest BCUT2D eigenvalue weighted by Gasteiger charge is 2.51. The molecule has 2 N–H and O–H groups in total. The molecule has 116 valence electrons. The predicted molar refractivity (Wildman–Crippen MR) is 73.4 cm³/mol. The SMILES string of the molecule is COC(=O)C1CCCC1S(=O)(=O)NC1CC(O)C1(C)C. The molecule has 0 radical (unpaired) electrons. The monoisotopic (exact) mass is 305 g/mol. The molecule has 2 fully saturated rings. The minimum atomic E-state index is -3.58. The van der Waals surface area contributed by atoms with E-state index in [-0.39, 0.29) is 6.04 Å². The first-order valence-electron chi connectivity index (χ1n) is 6.97. The van der Waals surface area contributed by atoms with Crippen molar-refractivity contribution in [2.45, 2.75) is 56.9 Å². The minimum Gasteiger partial charge on any atom is -0.469 e. The maximum Gasteiger partial charge on any atom is 0.310 e. The molecular formula is C13H23NO5S. The minimum absolute atomic E-state index is 0.276. The van der Waals surface area contributed by atoms with Crippen LogP contribution in [0.4, 0.5) is 0 Å². The van der Waals surface area contributed by atoms with Crippen molar-refractivity contribution in [1.82, 2.24) is 4.72 Å². The van der Waals surface area contributed by atoms with Gasteiger partial charge in [-0.3, -0.25) is 4.79 Å². The van der Waals surface area contributed by atoms with Gasteiger partial charge in [-0.05, 0) is 19.3 Å². The Morgan fingerprint density at radius 3 is 2.50 bits per heavy atom. The Morgan fingerprint density at radius 2 is 2.00 bits per heavy atom. The van der Waals surface area contributed by atoms with Crippen LogP contribution in [0.3, 0.4) is 0 Å². The Hall–Kier alpha value is -0.660. The van der Waals surface area contributed by atoms with Gasteiger partial charge in [0, 0.05) is 11.5 Å². The molecule has 2 aliphatic rings. The van der Waals surface area contributed by atoms with Gasteiger partial charge >= 0.3 is 5.97 Å². The molecule has 0 amide bonds. The second kappa shape index (κ2) is 5.27. The molecule has 0 aromatic carbocycles. The molecule has 6 nitrogen and oxygen atoms in total. The molecule has 2 aliphatic carbocycles. The van der Waals surface area contributed by atoms with E-state index in [1.165, 1.54) is 7.11 Å². The van der Waals surface area contributed by atoms with E-state index in [4.69, 9.17) is 4.74 Å². The van der Waals surface area contributed by atoms with Gasteiger partial charge in [0.1, 0.15) is 0 Å². The zero-order chi connectivity index (χ0) is 15.1. The van der Waals surface area contributed by atoms with E-state index < -0.39 is 38.7 Å². The van der Waals surface area contributed by atoms with Gasteiger partial charge in [0.25, 0.3) is 0 Å². The number of rotatable bonds is 4. The Balaban J connectivity index is 2.09. The summed E-state index contributed by atoms with van der Waals surface area (Å²) in [5, 5.41) is 8.96. The van der Waals surface area contributed by atoms with Crippen LogP contribution in [0.5, 0.6) is 0 Å². The summed E-state index contributed by atoms with van der Waals surface area (Å²) in [6.45, 7) is 3.67. The van der Waals surface area contributed by atoms with Crippen LogP contribution in [0.1, 0.15) is 39.5 Å². The molecule has 0 saturated heterocycles. The summed E-state index contributed by atoms with van der Waals surface area (Å²) in [4.78, 5) is 11.7. The summed E-state index contributed by atoms with van der Waals surface area (Å²) in [7, 11) is -2.30. The molecule has 20 heavy (non-hydrogen) atoms. The molecule has 0 aromatic heterocycles. The number of aliphatic hydroxyl groups excluding tert-OH is 1. The third-order valence-electron chi connectivity index (χ3n) is 4.88. The van der Waals surface area contributed by atoms with Gasteiger partial charge in [-0.25, -0.2) is 13.1 Å². The average molecular weight is 305 g/mol. The van der Waals surface area contributed by atoms with E-state index in [0.29, 0.717) is 25.7 Å². The first-order valence-corrected chi connectivity index (χ1v) is 8.52. The quantitative estimate of drug-likeness (QED) is 0.734. The Kier molecular flexibility index (Phi) is 4.15. The summed E-state index contributed by atoms with van der Waals surface area (Å²) in [6.07, 6.45) is 1.67. The molecule has 0 aliphatic heterocycles. The van der Waals surface area contributed by atoms with Crippen LogP contribution in [0.15, 0.2) is 0 Å². The van der Waals surface area contributed by atoms with Crippen LogP contribution in [0, 0.1) is 11.3 Å². The number of carbonyl (C=O) groups excluding carboxylic acids is 1. The van der Waals surface area contributed by atoms with Crippen molar-refractivity contribution in [3.63, 3.8) is 0 Å². The number of ether oxygens (including phenoxy) is 1. The first-order chi connectivity index (χ1) is 9.20. The maximum atomic E-state index is 12.5. The molecule has 0 heterocycles. The lowest BCUT2D eigenvalue weighted by Crippen LogP contribution is -2.62. The normalized spacial score (nSPS) is 36.4.